The van der Waals surface area contributed by atoms with Crippen LogP contribution in [-0.4, -0.2) is 103 Å². The van der Waals surface area contributed by atoms with Crippen molar-refractivity contribution in [2.75, 3.05) is 46.8 Å². The van der Waals surface area contributed by atoms with Crippen LogP contribution in [0.15, 0.2) is 29.2 Å². The molecular formula is C35H55N7O4S. The van der Waals surface area contributed by atoms with E-state index in [0.717, 1.165) is 54.7 Å². The van der Waals surface area contributed by atoms with Gasteiger partial charge in [0.25, 0.3) is 0 Å². The van der Waals surface area contributed by atoms with Crippen molar-refractivity contribution >= 4 is 21.8 Å². The van der Waals surface area contributed by atoms with E-state index in [1.54, 1.807) is 24.3 Å². The first-order valence-electron chi connectivity index (χ1n) is 17.6. The molecule has 0 bridgehead atoms. The van der Waals surface area contributed by atoms with Crippen molar-refractivity contribution < 1.29 is 18.0 Å². The number of carbonyl (C=O) groups excluding carboxylic acids is 2. The van der Waals surface area contributed by atoms with E-state index < -0.39 is 21.6 Å². The predicted octanol–water partition coefficient (Wildman–Crippen LogP) is 3.76. The molecule has 2 N–H and O–H groups in total. The van der Waals surface area contributed by atoms with E-state index in [2.05, 4.69) is 21.9 Å². The fraction of sp³-hybridized carbons (Fsp3) is 0.686. The van der Waals surface area contributed by atoms with Crippen molar-refractivity contribution in [2.24, 2.45) is 5.92 Å². The third-order valence-electron chi connectivity index (χ3n) is 10.6. The Balaban J connectivity index is 1.24. The number of benzene rings is 1. The van der Waals surface area contributed by atoms with Gasteiger partial charge in [-0.1, -0.05) is 45.4 Å². The molecule has 2 saturated heterocycles. The first-order valence-corrected chi connectivity index (χ1v) is 19.1. The molecule has 1 aliphatic carbocycles. The van der Waals surface area contributed by atoms with Crippen LogP contribution in [0.25, 0.3) is 5.69 Å². The first-order chi connectivity index (χ1) is 22.4. The molecule has 1 atom stereocenters. The van der Waals surface area contributed by atoms with Gasteiger partial charge in [-0.15, -0.1) is 0 Å². The average molecular weight is 670 g/mol. The zero-order chi connectivity index (χ0) is 33.8. The van der Waals surface area contributed by atoms with Crippen LogP contribution in [0.1, 0.15) is 88.1 Å². The number of hydrogen-bond donors (Lipinski definition) is 2. The number of rotatable bonds is 13. The Labute approximate surface area is 281 Å². The van der Waals surface area contributed by atoms with Gasteiger partial charge in [0.2, 0.25) is 21.8 Å². The molecule has 3 fully saturated rings. The molecule has 3 aliphatic rings. The zero-order valence-corrected chi connectivity index (χ0v) is 29.9. The van der Waals surface area contributed by atoms with Crippen molar-refractivity contribution in [3.8, 4) is 5.69 Å². The summed E-state index contributed by atoms with van der Waals surface area (Å²) in [5, 5.41) is 8.02. The number of carbonyl (C=O) groups is 2. The fourth-order valence-corrected chi connectivity index (χ4v) is 8.66. The number of likely N-dealkylation sites (tertiary alicyclic amines) is 1. The van der Waals surface area contributed by atoms with E-state index in [4.69, 9.17) is 5.10 Å². The summed E-state index contributed by atoms with van der Waals surface area (Å²) in [6.45, 7) is 9.91. The highest BCUT2D eigenvalue weighted by molar-refractivity contribution is 7.89. The molecule has 12 heteroatoms. The topological polar surface area (TPSA) is 120 Å². The highest BCUT2D eigenvalue weighted by Crippen LogP contribution is 2.36. The average Bonchev–Trinajstić information content (AvgIpc) is 3.33. The van der Waals surface area contributed by atoms with Crippen LogP contribution in [0.2, 0.25) is 0 Å². The minimum Gasteiger partial charge on any atom is -0.342 e. The second-order valence-electron chi connectivity index (χ2n) is 14.2. The second-order valence-corrected chi connectivity index (χ2v) is 15.9. The molecule has 1 aromatic heterocycles. The Hall–Kier alpha value is -2.80. The Bertz CT molecular complexity index is 1490. The van der Waals surface area contributed by atoms with E-state index in [9.17, 15) is 18.0 Å². The quantitative estimate of drug-likeness (QED) is 0.334. The summed E-state index contributed by atoms with van der Waals surface area (Å²) >= 11 is 0. The molecule has 47 heavy (non-hydrogen) atoms. The smallest absolute Gasteiger partial charge is 0.246 e. The van der Waals surface area contributed by atoms with E-state index in [-0.39, 0.29) is 16.7 Å². The number of likely N-dealkylation sites (N-methyl/N-ethyl adjacent to an activating group) is 1. The van der Waals surface area contributed by atoms with Crippen molar-refractivity contribution in [1.29, 1.82) is 0 Å². The summed E-state index contributed by atoms with van der Waals surface area (Å²) in [5.74, 6) is 0.677. The highest BCUT2D eigenvalue weighted by atomic mass is 32.2. The van der Waals surface area contributed by atoms with Gasteiger partial charge >= 0.3 is 0 Å². The van der Waals surface area contributed by atoms with Gasteiger partial charge in [0.1, 0.15) is 11.6 Å². The van der Waals surface area contributed by atoms with E-state index >= 15 is 0 Å². The van der Waals surface area contributed by atoms with Gasteiger partial charge in [-0.05, 0) is 83.8 Å². The number of nitrogens with one attached hydrogen (secondary N) is 2. The number of piperazine rings is 1. The number of aromatic nitrogens is 2. The molecule has 5 rings (SSSR count). The maximum Gasteiger partial charge on any atom is 0.246 e. The summed E-state index contributed by atoms with van der Waals surface area (Å²) in [5.41, 5.74) is 3.08. The predicted molar refractivity (Wildman–Crippen MR) is 184 cm³/mol. The molecule has 1 spiro atoms. The van der Waals surface area contributed by atoms with Crippen LogP contribution in [0.4, 0.5) is 0 Å². The van der Waals surface area contributed by atoms with E-state index in [0.29, 0.717) is 58.0 Å². The van der Waals surface area contributed by atoms with Gasteiger partial charge in [0, 0.05) is 50.5 Å². The summed E-state index contributed by atoms with van der Waals surface area (Å²) in [4.78, 5) is 34.3. The number of nitrogens with zero attached hydrogens (tertiary/aromatic N) is 5. The first kappa shape index (κ1) is 35.5. The van der Waals surface area contributed by atoms with Gasteiger partial charge < -0.3 is 15.1 Å². The highest BCUT2D eigenvalue weighted by Gasteiger charge is 2.53. The number of amides is 2. The number of piperidine rings is 1. The summed E-state index contributed by atoms with van der Waals surface area (Å²) in [7, 11) is 0.213. The Morgan fingerprint density at radius 3 is 2.36 bits per heavy atom. The number of hydrogen-bond acceptors (Lipinski definition) is 7. The van der Waals surface area contributed by atoms with Gasteiger partial charge in [0.05, 0.1) is 16.3 Å². The minimum absolute atomic E-state index is 0.0344. The van der Waals surface area contributed by atoms with Crippen molar-refractivity contribution in [1.82, 2.24) is 34.5 Å². The van der Waals surface area contributed by atoms with Gasteiger partial charge in [-0.2, -0.15) is 5.10 Å². The maximum absolute atomic E-state index is 13.9. The molecule has 260 valence electrons. The lowest BCUT2D eigenvalue weighted by atomic mass is 9.79. The molecule has 1 saturated carbocycles. The minimum atomic E-state index is -3.59. The van der Waals surface area contributed by atoms with Crippen molar-refractivity contribution in [2.45, 2.75) is 108 Å². The molecule has 11 nitrogen and oxygen atoms in total. The van der Waals surface area contributed by atoms with Gasteiger partial charge in [-0.25, -0.2) is 17.8 Å². The van der Waals surface area contributed by atoms with Gasteiger partial charge in [0.15, 0.2) is 0 Å². The third-order valence-corrected chi connectivity index (χ3v) is 12.1. The number of sulfonamides is 1. The third kappa shape index (κ3) is 7.92. The van der Waals surface area contributed by atoms with Crippen LogP contribution < -0.4 is 10.0 Å². The molecule has 3 heterocycles. The number of unbranched alkanes of at least 4 members (excludes halogenated alkanes) is 1. The molecule has 2 amide bonds. The molecule has 1 aromatic carbocycles. The Morgan fingerprint density at radius 2 is 1.72 bits per heavy atom. The van der Waals surface area contributed by atoms with Crippen LogP contribution in [-0.2, 0) is 26.2 Å². The monoisotopic (exact) mass is 669 g/mol. The number of aryl methyl sites for hydroxylation is 1. The molecule has 0 radical (unpaired) electrons. The lowest BCUT2D eigenvalue weighted by Gasteiger charge is -2.52. The van der Waals surface area contributed by atoms with Crippen LogP contribution >= 0.6 is 0 Å². The second kappa shape index (κ2) is 15.2. The van der Waals surface area contributed by atoms with Gasteiger partial charge in [-0.3, -0.25) is 14.5 Å². The molecular weight excluding hydrogens is 614 g/mol. The van der Waals surface area contributed by atoms with Crippen LogP contribution in [0.5, 0.6) is 0 Å². The lowest BCUT2D eigenvalue weighted by molar-refractivity contribution is -0.162. The Kier molecular flexibility index (Phi) is 11.5. The fourth-order valence-electron chi connectivity index (χ4n) is 7.64. The van der Waals surface area contributed by atoms with E-state index in [1.807, 2.05) is 42.4 Å². The standard InChI is InChI=1S/C35H55N7O4S/c1-6-7-20-41-33(43)32(24-28-11-9-8-10-12-28)37-34(44)35(41)17-21-40(22-18-35)25-31-26(2)38-42(27(31)3)29-13-15-30(16-14-29)47(45,46)36-19-23-39(4)5/h13-16,28,32,36H,6-12,17-25H2,1-5H3,(H,37,44). The summed E-state index contributed by atoms with van der Waals surface area (Å²) < 4.78 is 30.0. The summed E-state index contributed by atoms with van der Waals surface area (Å²) in [6.07, 6.45) is 9.93. The lowest BCUT2D eigenvalue weighted by Crippen LogP contribution is -2.73. The SMILES string of the molecule is CCCCN1C(=O)C(CC2CCCCC2)NC(=O)C12CCN(Cc1c(C)nn(-c3ccc(S(=O)(=O)NCCN(C)C)cc3)c1C)CC2. The Morgan fingerprint density at radius 1 is 1.04 bits per heavy atom. The summed E-state index contributed by atoms with van der Waals surface area (Å²) in [6, 6.07) is 6.43. The van der Waals surface area contributed by atoms with E-state index in [1.165, 1.54) is 19.3 Å². The zero-order valence-electron chi connectivity index (χ0n) is 29.1. The van der Waals surface area contributed by atoms with Crippen LogP contribution in [0, 0.1) is 19.8 Å². The normalized spacial score (nSPS) is 21.1. The molecule has 1 unspecified atom stereocenters. The largest absolute Gasteiger partial charge is 0.342 e. The van der Waals surface area contributed by atoms with Crippen molar-refractivity contribution in [3.05, 3.63) is 41.2 Å². The van der Waals surface area contributed by atoms with Crippen molar-refractivity contribution in [3.63, 3.8) is 0 Å². The molecule has 2 aromatic rings. The van der Waals surface area contributed by atoms with Crippen LogP contribution in [0.3, 0.4) is 0 Å². The molecule has 2 aliphatic heterocycles. The maximum atomic E-state index is 13.9.